The van der Waals surface area contributed by atoms with Gasteiger partial charge in [-0.05, 0) is 46.5 Å². The van der Waals surface area contributed by atoms with Gasteiger partial charge in [0.1, 0.15) is 0 Å². The number of hydrogen-bond acceptors (Lipinski definition) is 2. The molecule has 3 heteroatoms. The Morgan fingerprint density at radius 1 is 1.12 bits per heavy atom. The summed E-state index contributed by atoms with van der Waals surface area (Å²) in [6.07, 6.45) is 0.759. The Balaban J connectivity index is 2.05. The second-order valence-corrected chi connectivity index (χ2v) is 6.94. The van der Waals surface area contributed by atoms with Crippen LogP contribution in [0.1, 0.15) is 41.0 Å². The molecule has 2 fully saturated rings. The Morgan fingerprint density at radius 3 is 2.24 bits per heavy atom. The highest BCUT2D eigenvalue weighted by atomic mass is 16.2. The number of nitrogens with zero attached hydrogens (tertiary/aromatic N) is 2. The highest BCUT2D eigenvalue weighted by Crippen LogP contribution is 2.35. The number of carbonyl (C=O) groups excluding carboxylic acids is 1. The third-order valence-corrected chi connectivity index (χ3v) is 4.34. The van der Waals surface area contributed by atoms with Crippen molar-refractivity contribution in [1.82, 2.24) is 9.80 Å². The predicted octanol–water partition coefficient (Wildman–Crippen LogP) is 1.97. The number of fused-ring (bicyclic) bond motifs is 1. The fraction of sp³-hybridized carbons (Fsp3) is 0.929. The Hall–Kier alpha value is -0.570. The van der Waals surface area contributed by atoms with E-state index in [1.54, 1.807) is 0 Å². The van der Waals surface area contributed by atoms with Crippen LogP contribution in [0.25, 0.3) is 0 Å². The molecule has 2 aliphatic heterocycles. The zero-order chi connectivity index (χ0) is 12.8. The van der Waals surface area contributed by atoms with E-state index in [0.29, 0.717) is 23.8 Å². The van der Waals surface area contributed by atoms with Gasteiger partial charge in [0.25, 0.3) is 0 Å². The molecular weight excluding hydrogens is 212 g/mol. The number of carbonyl (C=O) groups is 1. The van der Waals surface area contributed by atoms with Crippen LogP contribution in [0.15, 0.2) is 0 Å². The quantitative estimate of drug-likeness (QED) is 0.697. The fourth-order valence-electron chi connectivity index (χ4n) is 3.12. The lowest BCUT2D eigenvalue weighted by Gasteiger charge is -2.36. The molecule has 2 heterocycles. The first-order valence-electron chi connectivity index (χ1n) is 6.83. The van der Waals surface area contributed by atoms with E-state index in [0.717, 1.165) is 26.1 Å². The maximum absolute atomic E-state index is 12.0. The molecule has 1 amide bonds. The van der Waals surface area contributed by atoms with E-state index in [2.05, 4.69) is 44.4 Å². The molecule has 0 aromatic rings. The topological polar surface area (TPSA) is 23.6 Å². The summed E-state index contributed by atoms with van der Waals surface area (Å²) in [7, 11) is 0. The van der Waals surface area contributed by atoms with Crippen molar-refractivity contribution in [1.29, 1.82) is 0 Å². The Bertz CT molecular complexity index is 306. The summed E-state index contributed by atoms with van der Waals surface area (Å²) in [4.78, 5) is 16.6. The van der Waals surface area contributed by atoms with Crippen LogP contribution in [-0.2, 0) is 4.79 Å². The van der Waals surface area contributed by atoms with Crippen molar-refractivity contribution in [3.05, 3.63) is 0 Å². The van der Waals surface area contributed by atoms with Crippen LogP contribution in [0.2, 0.25) is 0 Å². The van der Waals surface area contributed by atoms with Gasteiger partial charge in [0.15, 0.2) is 0 Å². The Morgan fingerprint density at radius 2 is 1.71 bits per heavy atom. The van der Waals surface area contributed by atoms with Crippen LogP contribution in [-0.4, -0.2) is 46.9 Å². The monoisotopic (exact) mass is 238 g/mol. The average molecular weight is 238 g/mol. The lowest BCUT2D eigenvalue weighted by molar-refractivity contribution is -0.138. The molecule has 2 aliphatic rings. The summed E-state index contributed by atoms with van der Waals surface area (Å²) in [6.45, 7) is 14.3. The van der Waals surface area contributed by atoms with Gasteiger partial charge in [-0.15, -0.1) is 0 Å². The van der Waals surface area contributed by atoms with Crippen LogP contribution in [0.4, 0.5) is 0 Å². The zero-order valence-electron chi connectivity index (χ0n) is 11.9. The van der Waals surface area contributed by atoms with Gasteiger partial charge in [-0.25, -0.2) is 0 Å². The first-order chi connectivity index (χ1) is 7.79. The molecule has 0 bridgehead atoms. The summed E-state index contributed by atoms with van der Waals surface area (Å²) in [6, 6.07) is 0.354. The third-order valence-electron chi connectivity index (χ3n) is 4.34. The normalized spacial score (nSPS) is 31.2. The highest BCUT2D eigenvalue weighted by Gasteiger charge is 2.43. The molecule has 17 heavy (non-hydrogen) atoms. The van der Waals surface area contributed by atoms with Gasteiger partial charge in [0.2, 0.25) is 5.91 Å². The molecule has 98 valence electrons. The highest BCUT2D eigenvalue weighted by molar-refractivity contribution is 5.77. The van der Waals surface area contributed by atoms with E-state index in [9.17, 15) is 4.79 Å². The van der Waals surface area contributed by atoms with Crippen molar-refractivity contribution >= 4 is 5.91 Å². The van der Waals surface area contributed by atoms with Crippen molar-refractivity contribution in [3.8, 4) is 0 Å². The van der Waals surface area contributed by atoms with Gasteiger partial charge in [0, 0.05) is 37.6 Å². The van der Waals surface area contributed by atoms with Gasteiger partial charge in [-0.3, -0.25) is 9.69 Å². The standard InChI is InChI=1S/C14H26N2O/c1-10(2)16-9-12-8-15(14(3,4)5)7-11(12)6-13(16)17/h10-12H,6-9H2,1-5H3. The maximum Gasteiger partial charge on any atom is 0.223 e. The molecular formula is C14H26N2O. The number of amides is 1. The predicted molar refractivity (Wildman–Crippen MR) is 69.8 cm³/mol. The molecule has 0 aromatic carbocycles. The van der Waals surface area contributed by atoms with Gasteiger partial charge in [0.05, 0.1) is 0 Å². The second-order valence-electron chi connectivity index (χ2n) is 6.94. The lowest BCUT2D eigenvalue weighted by Crippen LogP contribution is -2.47. The smallest absolute Gasteiger partial charge is 0.223 e. The van der Waals surface area contributed by atoms with E-state index in [1.165, 1.54) is 0 Å². The summed E-state index contributed by atoms with van der Waals surface area (Å²) in [5, 5.41) is 0. The van der Waals surface area contributed by atoms with Gasteiger partial charge in [-0.1, -0.05) is 0 Å². The Kier molecular flexibility index (Phi) is 3.23. The molecule has 2 unspecified atom stereocenters. The number of rotatable bonds is 1. The van der Waals surface area contributed by atoms with Crippen LogP contribution in [0.3, 0.4) is 0 Å². The number of hydrogen-bond donors (Lipinski definition) is 0. The van der Waals surface area contributed by atoms with Crippen molar-refractivity contribution in [2.75, 3.05) is 19.6 Å². The number of piperidine rings is 1. The van der Waals surface area contributed by atoms with Gasteiger partial charge in [-0.2, -0.15) is 0 Å². The minimum absolute atomic E-state index is 0.239. The molecule has 3 nitrogen and oxygen atoms in total. The molecule has 0 aromatic heterocycles. The van der Waals surface area contributed by atoms with E-state index in [-0.39, 0.29) is 5.54 Å². The van der Waals surface area contributed by atoms with Crippen molar-refractivity contribution in [2.45, 2.75) is 52.6 Å². The maximum atomic E-state index is 12.0. The van der Waals surface area contributed by atoms with E-state index in [4.69, 9.17) is 0 Å². The summed E-state index contributed by atoms with van der Waals surface area (Å²) in [5.41, 5.74) is 0.239. The van der Waals surface area contributed by atoms with Crippen LogP contribution in [0, 0.1) is 11.8 Å². The van der Waals surface area contributed by atoms with Crippen molar-refractivity contribution in [3.63, 3.8) is 0 Å². The summed E-state index contributed by atoms with van der Waals surface area (Å²) in [5.74, 6) is 1.64. The third kappa shape index (κ3) is 2.49. The van der Waals surface area contributed by atoms with Gasteiger partial charge >= 0.3 is 0 Å². The van der Waals surface area contributed by atoms with Crippen molar-refractivity contribution in [2.24, 2.45) is 11.8 Å². The van der Waals surface area contributed by atoms with E-state index in [1.807, 2.05) is 0 Å². The van der Waals surface area contributed by atoms with Crippen LogP contribution < -0.4 is 0 Å². The first-order valence-corrected chi connectivity index (χ1v) is 6.83. The zero-order valence-corrected chi connectivity index (χ0v) is 11.9. The van der Waals surface area contributed by atoms with Gasteiger partial charge < -0.3 is 4.90 Å². The van der Waals surface area contributed by atoms with Crippen LogP contribution in [0.5, 0.6) is 0 Å². The van der Waals surface area contributed by atoms with Crippen LogP contribution >= 0.6 is 0 Å². The number of likely N-dealkylation sites (tertiary alicyclic amines) is 2. The first kappa shape index (κ1) is 12.9. The Labute approximate surface area is 105 Å². The molecule has 2 saturated heterocycles. The van der Waals surface area contributed by atoms with E-state index >= 15 is 0 Å². The average Bonchev–Trinajstić information content (AvgIpc) is 2.58. The summed E-state index contributed by atoms with van der Waals surface area (Å²) < 4.78 is 0. The molecule has 2 rings (SSSR count). The SMILES string of the molecule is CC(C)N1CC2CN(C(C)(C)C)CC2CC1=O. The molecule has 2 atom stereocenters. The van der Waals surface area contributed by atoms with E-state index < -0.39 is 0 Å². The van der Waals surface area contributed by atoms with Crippen molar-refractivity contribution < 1.29 is 4.79 Å². The largest absolute Gasteiger partial charge is 0.340 e. The minimum Gasteiger partial charge on any atom is -0.340 e. The summed E-state index contributed by atoms with van der Waals surface area (Å²) >= 11 is 0. The molecule has 0 N–H and O–H groups in total. The molecule has 0 radical (unpaired) electrons. The minimum atomic E-state index is 0.239. The molecule has 0 saturated carbocycles. The molecule has 0 aliphatic carbocycles. The molecule has 0 spiro atoms. The fourth-order valence-corrected chi connectivity index (χ4v) is 3.12. The lowest BCUT2D eigenvalue weighted by atomic mass is 9.87. The second kappa shape index (κ2) is 4.27.